The topological polar surface area (TPSA) is 17.8 Å². The Labute approximate surface area is 141 Å². The molecule has 0 spiro atoms. The van der Waals surface area contributed by atoms with Crippen LogP contribution >= 0.6 is 39.1 Å². The summed E-state index contributed by atoms with van der Waals surface area (Å²) in [6.45, 7) is 2.08. The lowest BCUT2D eigenvalue weighted by atomic mass is 10.2. The summed E-state index contributed by atoms with van der Waals surface area (Å²) in [6.07, 6.45) is 0.696. The number of para-hydroxylation sites is 1. The van der Waals surface area contributed by atoms with Crippen molar-refractivity contribution in [3.63, 3.8) is 0 Å². The van der Waals surface area contributed by atoms with Gasteiger partial charge in [-0.05, 0) is 36.8 Å². The molecule has 3 aromatic rings. The van der Waals surface area contributed by atoms with Gasteiger partial charge in [0.1, 0.15) is 5.82 Å². The fourth-order valence-corrected chi connectivity index (χ4v) is 3.44. The lowest BCUT2D eigenvalue weighted by Crippen LogP contribution is -2.03. The summed E-state index contributed by atoms with van der Waals surface area (Å²) < 4.78 is 3.07. The number of nitrogens with zero attached hydrogens (tertiary/aromatic N) is 2. The quantitative estimate of drug-likeness (QED) is 0.543. The fraction of sp³-hybridized carbons (Fsp3) is 0.188. The molecule has 0 atom stereocenters. The molecule has 0 fully saturated rings. The number of aryl methyl sites for hydroxylation is 2. The zero-order valence-electron chi connectivity index (χ0n) is 11.4. The van der Waals surface area contributed by atoms with Gasteiger partial charge in [-0.15, -0.1) is 11.6 Å². The van der Waals surface area contributed by atoms with Crippen molar-refractivity contribution in [1.82, 2.24) is 9.55 Å². The number of aromatic nitrogens is 2. The lowest BCUT2D eigenvalue weighted by molar-refractivity contribution is 0.910. The normalized spacial score (nSPS) is 11.2. The van der Waals surface area contributed by atoms with Crippen LogP contribution in [0, 0.1) is 6.92 Å². The molecule has 0 unspecified atom stereocenters. The number of hydrogen-bond donors (Lipinski definition) is 0. The van der Waals surface area contributed by atoms with Gasteiger partial charge >= 0.3 is 0 Å². The third kappa shape index (κ3) is 2.70. The van der Waals surface area contributed by atoms with Gasteiger partial charge < -0.3 is 0 Å². The summed E-state index contributed by atoms with van der Waals surface area (Å²) in [5.41, 5.74) is 4.15. The van der Waals surface area contributed by atoms with Crippen LogP contribution in [0.2, 0.25) is 5.02 Å². The van der Waals surface area contributed by atoms with Crippen molar-refractivity contribution in [3.05, 3.63) is 57.3 Å². The minimum absolute atomic E-state index is 0.524. The van der Waals surface area contributed by atoms with Gasteiger partial charge in [0.2, 0.25) is 0 Å². The van der Waals surface area contributed by atoms with Crippen LogP contribution in [0.1, 0.15) is 11.4 Å². The van der Waals surface area contributed by atoms with Crippen molar-refractivity contribution < 1.29 is 0 Å². The van der Waals surface area contributed by atoms with E-state index in [2.05, 4.69) is 33.5 Å². The number of hydrogen-bond acceptors (Lipinski definition) is 1. The second-order valence-corrected chi connectivity index (χ2v) is 6.54. The van der Waals surface area contributed by atoms with E-state index >= 15 is 0 Å². The number of rotatable bonds is 3. The summed E-state index contributed by atoms with van der Waals surface area (Å²) >= 11 is 15.8. The van der Waals surface area contributed by atoms with Crippen molar-refractivity contribution in [1.29, 1.82) is 0 Å². The van der Waals surface area contributed by atoms with Crippen molar-refractivity contribution in [2.45, 2.75) is 13.3 Å². The van der Waals surface area contributed by atoms with E-state index < -0.39 is 0 Å². The molecule has 0 amide bonds. The molecule has 2 nitrogen and oxygen atoms in total. The molecule has 0 aliphatic carbocycles. The number of fused-ring (bicyclic) bond motifs is 1. The monoisotopic (exact) mass is 382 g/mol. The Hall–Kier alpha value is -1.03. The highest BCUT2D eigenvalue weighted by Crippen LogP contribution is 2.30. The molecule has 1 aromatic heterocycles. The average molecular weight is 384 g/mol. The Kier molecular flexibility index (Phi) is 4.25. The Bertz CT molecular complexity index is 811. The van der Waals surface area contributed by atoms with Gasteiger partial charge in [-0.1, -0.05) is 39.7 Å². The van der Waals surface area contributed by atoms with E-state index in [1.54, 1.807) is 0 Å². The first kappa shape index (κ1) is 14.9. The number of benzene rings is 2. The smallest absolute Gasteiger partial charge is 0.115 e. The second kappa shape index (κ2) is 5.99. The summed E-state index contributed by atoms with van der Waals surface area (Å²) in [5, 5.41) is 0.683. The summed E-state index contributed by atoms with van der Waals surface area (Å²) in [4.78, 5) is 4.71. The van der Waals surface area contributed by atoms with Gasteiger partial charge in [0.15, 0.2) is 0 Å². The maximum Gasteiger partial charge on any atom is 0.115 e. The van der Waals surface area contributed by atoms with Gasteiger partial charge in [-0.25, -0.2) is 4.98 Å². The van der Waals surface area contributed by atoms with Crippen LogP contribution in [0.3, 0.4) is 0 Å². The van der Waals surface area contributed by atoms with Crippen molar-refractivity contribution in [2.24, 2.45) is 0 Å². The average Bonchev–Trinajstić information content (AvgIpc) is 2.79. The zero-order valence-corrected chi connectivity index (χ0v) is 14.5. The molecule has 0 saturated carbocycles. The summed E-state index contributed by atoms with van der Waals surface area (Å²) in [7, 11) is 0. The minimum Gasteiger partial charge on any atom is -0.294 e. The lowest BCUT2D eigenvalue weighted by Gasteiger charge is -2.12. The maximum atomic E-state index is 6.43. The van der Waals surface area contributed by atoms with Crippen LogP contribution in [0.4, 0.5) is 0 Å². The van der Waals surface area contributed by atoms with Crippen LogP contribution in [0.25, 0.3) is 16.7 Å². The number of halogens is 3. The molecule has 1 heterocycles. The highest BCUT2D eigenvalue weighted by molar-refractivity contribution is 9.10. The second-order valence-electron chi connectivity index (χ2n) is 4.84. The SMILES string of the molecule is Cc1cccc2nc(CCCl)n(-c3ccc(Br)cc3Cl)c12. The maximum absolute atomic E-state index is 6.43. The third-order valence-electron chi connectivity index (χ3n) is 3.42. The van der Waals surface area contributed by atoms with Gasteiger partial charge in [0, 0.05) is 16.8 Å². The molecule has 0 bridgehead atoms. The predicted molar refractivity (Wildman–Crippen MR) is 92.9 cm³/mol. The molecule has 0 aliphatic rings. The minimum atomic E-state index is 0.524. The molecule has 0 aliphatic heterocycles. The van der Waals surface area contributed by atoms with Crippen LogP contribution in [-0.2, 0) is 6.42 Å². The Morgan fingerprint density at radius 3 is 2.76 bits per heavy atom. The largest absolute Gasteiger partial charge is 0.294 e. The molecule has 0 N–H and O–H groups in total. The van der Waals surface area contributed by atoms with Gasteiger partial charge in [-0.2, -0.15) is 0 Å². The van der Waals surface area contributed by atoms with Crippen LogP contribution in [0.5, 0.6) is 0 Å². The number of imidazole rings is 1. The summed E-state index contributed by atoms with van der Waals surface area (Å²) in [6, 6.07) is 12.0. The first-order valence-corrected chi connectivity index (χ1v) is 8.30. The fourth-order valence-electron chi connectivity index (χ4n) is 2.52. The molecule has 5 heteroatoms. The van der Waals surface area contributed by atoms with E-state index in [0.717, 1.165) is 27.0 Å². The highest BCUT2D eigenvalue weighted by atomic mass is 79.9. The number of alkyl halides is 1. The van der Waals surface area contributed by atoms with Crippen molar-refractivity contribution in [3.8, 4) is 5.69 Å². The van der Waals surface area contributed by atoms with Crippen LogP contribution < -0.4 is 0 Å². The Balaban J connectivity index is 2.35. The molecule has 0 radical (unpaired) electrons. The van der Waals surface area contributed by atoms with E-state index in [0.29, 0.717) is 17.3 Å². The first-order chi connectivity index (χ1) is 10.1. The highest BCUT2D eigenvalue weighted by Gasteiger charge is 2.15. The van der Waals surface area contributed by atoms with Crippen LogP contribution in [-0.4, -0.2) is 15.4 Å². The molecule has 108 valence electrons. The van der Waals surface area contributed by atoms with Crippen molar-refractivity contribution >= 4 is 50.2 Å². The van der Waals surface area contributed by atoms with Gasteiger partial charge in [0.25, 0.3) is 0 Å². The summed E-state index contributed by atoms with van der Waals surface area (Å²) in [5.74, 6) is 1.45. The van der Waals surface area contributed by atoms with E-state index in [-0.39, 0.29) is 0 Å². The molecule has 2 aromatic carbocycles. The van der Waals surface area contributed by atoms with Gasteiger partial charge in [-0.3, -0.25) is 4.57 Å². The third-order valence-corrected chi connectivity index (χ3v) is 4.40. The molecular weight excluding hydrogens is 371 g/mol. The Morgan fingerprint density at radius 2 is 2.05 bits per heavy atom. The molecule has 21 heavy (non-hydrogen) atoms. The predicted octanol–water partition coefficient (Wildman–Crippen LogP) is 5.53. The van der Waals surface area contributed by atoms with E-state index in [1.165, 1.54) is 5.56 Å². The molecule has 0 saturated heterocycles. The zero-order chi connectivity index (χ0) is 15.0. The van der Waals surface area contributed by atoms with Crippen LogP contribution in [0.15, 0.2) is 40.9 Å². The van der Waals surface area contributed by atoms with E-state index in [1.807, 2.05) is 30.3 Å². The first-order valence-electron chi connectivity index (χ1n) is 6.60. The van der Waals surface area contributed by atoms with Gasteiger partial charge in [0.05, 0.1) is 21.7 Å². The van der Waals surface area contributed by atoms with Crippen molar-refractivity contribution in [2.75, 3.05) is 5.88 Å². The Morgan fingerprint density at radius 1 is 1.24 bits per heavy atom. The van der Waals surface area contributed by atoms with E-state index in [4.69, 9.17) is 28.2 Å². The standard InChI is InChI=1S/C16H13BrCl2N2/c1-10-3-2-4-13-16(10)21(15(20-13)7-8-18)14-6-5-11(17)9-12(14)19/h2-6,9H,7-8H2,1H3. The van der Waals surface area contributed by atoms with E-state index in [9.17, 15) is 0 Å². The molecule has 3 rings (SSSR count). The molecular formula is C16H13BrCl2N2.